The third-order valence-corrected chi connectivity index (χ3v) is 4.99. The molecule has 2 aromatic heterocycles. The molecule has 7 heteroatoms. The van der Waals surface area contributed by atoms with Crippen molar-refractivity contribution in [3.05, 3.63) is 58.8 Å². The molecule has 0 aliphatic rings. The molecule has 0 saturated carbocycles. The molecule has 0 fully saturated rings. The van der Waals surface area contributed by atoms with Crippen molar-refractivity contribution in [1.82, 2.24) is 15.6 Å². The van der Waals surface area contributed by atoms with Crippen LogP contribution in [-0.2, 0) is 11.3 Å². The number of thiophene rings is 1. The number of nitrogens with one attached hydrogen (secondary N) is 2. The number of fused-ring (bicyclic) bond motifs is 1. The second-order valence-electron chi connectivity index (χ2n) is 4.94. The predicted octanol–water partition coefficient (Wildman–Crippen LogP) is 3.41. The predicted molar refractivity (Wildman–Crippen MR) is 97.2 cm³/mol. The van der Waals surface area contributed by atoms with E-state index < -0.39 is 6.03 Å². The smallest absolute Gasteiger partial charge is 0.321 e. The first-order valence-corrected chi connectivity index (χ1v) is 9.16. The van der Waals surface area contributed by atoms with E-state index in [0.717, 1.165) is 20.8 Å². The summed E-state index contributed by atoms with van der Waals surface area (Å²) in [6.07, 6.45) is 0. The lowest BCUT2D eigenvalue weighted by Crippen LogP contribution is -2.39. The van der Waals surface area contributed by atoms with Crippen molar-refractivity contribution in [2.45, 2.75) is 11.6 Å². The number of amides is 3. The largest absolute Gasteiger partial charge is 0.333 e. The summed E-state index contributed by atoms with van der Waals surface area (Å²) in [5.74, 6) is -0.212. The highest BCUT2D eigenvalue weighted by molar-refractivity contribution is 7.99. The summed E-state index contributed by atoms with van der Waals surface area (Å²) < 4.78 is 0. The zero-order valence-corrected chi connectivity index (χ0v) is 14.3. The van der Waals surface area contributed by atoms with Gasteiger partial charge in [0.1, 0.15) is 0 Å². The van der Waals surface area contributed by atoms with Crippen LogP contribution in [0.5, 0.6) is 0 Å². The summed E-state index contributed by atoms with van der Waals surface area (Å²) >= 11 is 2.85. The van der Waals surface area contributed by atoms with Crippen molar-refractivity contribution >= 4 is 45.9 Å². The molecule has 5 nitrogen and oxygen atoms in total. The minimum Gasteiger partial charge on any atom is -0.333 e. The van der Waals surface area contributed by atoms with Gasteiger partial charge < -0.3 is 5.32 Å². The van der Waals surface area contributed by atoms with Gasteiger partial charge in [-0.1, -0.05) is 42.1 Å². The summed E-state index contributed by atoms with van der Waals surface area (Å²) in [7, 11) is 0. The van der Waals surface area contributed by atoms with Gasteiger partial charge >= 0.3 is 6.03 Å². The number of hydrogen-bond donors (Lipinski definition) is 2. The van der Waals surface area contributed by atoms with Crippen molar-refractivity contribution in [3.8, 4) is 0 Å². The quantitative estimate of drug-likeness (QED) is 0.687. The van der Waals surface area contributed by atoms with E-state index in [1.807, 2.05) is 53.9 Å². The van der Waals surface area contributed by atoms with Crippen molar-refractivity contribution < 1.29 is 9.59 Å². The lowest BCUT2D eigenvalue weighted by molar-refractivity contribution is -0.117. The van der Waals surface area contributed by atoms with E-state index in [9.17, 15) is 9.59 Å². The molecule has 0 aliphatic heterocycles. The van der Waals surface area contributed by atoms with Crippen LogP contribution in [0.15, 0.2) is 58.9 Å². The van der Waals surface area contributed by atoms with Crippen LogP contribution in [0.25, 0.3) is 10.9 Å². The number of imide groups is 1. The molecule has 0 saturated heterocycles. The molecule has 0 aliphatic carbocycles. The fourth-order valence-corrected chi connectivity index (χ4v) is 3.38. The Morgan fingerprint density at radius 3 is 2.79 bits per heavy atom. The van der Waals surface area contributed by atoms with Crippen LogP contribution in [0.3, 0.4) is 0 Å². The van der Waals surface area contributed by atoms with Crippen LogP contribution in [0, 0.1) is 0 Å². The van der Waals surface area contributed by atoms with E-state index >= 15 is 0 Å². The number of thioether (sulfide) groups is 1. The number of aromatic nitrogens is 1. The fourth-order valence-electron chi connectivity index (χ4n) is 2.05. The van der Waals surface area contributed by atoms with Crippen molar-refractivity contribution in [3.63, 3.8) is 0 Å². The molecule has 0 atom stereocenters. The Labute approximate surface area is 147 Å². The third kappa shape index (κ3) is 4.56. The lowest BCUT2D eigenvalue weighted by atomic mass is 10.2. The number of carbonyl (C=O) groups excluding carboxylic acids is 2. The maximum atomic E-state index is 11.8. The zero-order chi connectivity index (χ0) is 16.8. The molecule has 1 aromatic carbocycles. The first-order valence-electron chi connectivity index (χ1n) is 7.29. The van der Waals surface area contributed by atoms with Gasteiger partial charge in [-0.25, -0.2) is 9.78 Å². The number of pyridine rings is 1. The Kier molecular flexibility index (Phi) is 5.45. The molecular weight excluding hydrogens is 342 g/mol. The molecule has 2 N–H and O–H groups in total. The monoisotopic (exact) mass is 357 g/mol. The van der Waals surface area contributed by atoms with Gasteiger partial charge in [-0.2, -0.15) is 0 Å². The number of nitrogens with zero attached hydrogens (tertiary/aromatic N) is 1. The molecule has 0 radical (unpaired) electrons. The minimum absolute atomic E-state index is 0.137. The second kappa shape index (κ2) is 7.94. The van der Waals surface area contributed by atoms with Gasteiger partial charge in [0.15, 0.2) is 0 Å². The van der Waals surface area contributed by atoms with Gasteiger partial charge in [-0.05, 0) is 23.6 Å². The molecule has 0 bridgehead atoms. The number of hydrogen-bond acceptors (Lipinski definition) is 5. The first kappa shape index (κ1) is 16.5. The Hall–Kier alpha value is -2.38. The van der Waals surface area contributed by atoms with E-state index in [2.05, 4.69) is 15.6 Å². The van der Waals surface area contributed by atoms with Gasteiger partial charge in [0.05, 0.1) is 22.8 Å². The van der Waals surface area contributed by atoms with Crippen molar-refractivity contribution in [2.75, 3.05) is 5.75 Å². The van der Waals surface area contributed by atoms with Crippen molar-refractivity contribution in [2.24, 2.45) is 0 Å². The van der Waals surface area contributed by atoms with Gasteiger partial charge in [0, 0.05) is 10.3 Å². The third-order valence-electron chi connectivity index (χ3n) is 3.18. The Morgan fingerprint density at radius 1 is 1.08 bits per heavy atom. The SMILES string of the molecule is O=C(CSc1ccc2ccccc2n1)NC(=O)NCc1cccs1. The van der Waals surface area contributed by atoms with E-state index in [1.54, 1.807) is 11.3 Å². The van der Waals surface area contributed by atoms with Crippen LogP contribution < -0.4 is 10.6 Å². The van der Waals surface area contributed by atoms with Crippen LogP contribution >= 0.6 is 23.1 Å². The Morgan fingerprint density at radius 2 is 1.96 bits per heavy atom. The highest BCUT2D eigenvalue weighted by Gasteiger charge is 2.09. The van der Waals surface area contributed by atoms with Gasteiger partial charge in [-0.3, -0.25) is 10.1 Å². The molecule has 0 unspecified atom stereocenters. The summed E-state index contributed by atoms with van der Waals surface area (Å²) in [4.78, 5) is 29.0. The summed E-state index contributed by atoms with van der Waals surface area (Å²) in [6.45, 7) is 0.413. The number of carbonyl (C=O) groups is 2. The fraction of sp³-hybridized carbons (Fsp3) is 0.118. The molecule has 2 heterocycles. The molecule has 0 spiro atoms. The highest BCUT2D eigenvalue weighted by atomic mass is 32.2. The molecule has 3 amide bonds. The maximum Gasteiger partial charge on any atom is 0.321 e. The maximum absolute atomic E-state index is 11.8. The zero-order valence-electron chi connectivity index (χ0n) is 12.7. The second-order valence-corrected chi connectivity index (χ2v) is 6.97. The van der Waals surface area contributed by atoms with Crippen molar-refractivity contribution in [1.29, 1.82) is 0 Å². The van der Waals surface area contributed by atoms with Gasteiger partial charge in [-0.15, -0.1) is 11.3 Å². The number of benzene rings is 1. The van der Waals surface area contributed by atoms with Crippen LogP contribution in [-0.4, -0.2) is 22.7 Å². The average molecular weight is 357 g/mol. The number of para-hydroxylation sites is 1. The van der Waals surface area contributed by atoms with E-state index in [1.165, 1.54) is 11.8 Å². The molecule has 3 rings (SSSR count). The molecule has 3 aromatic rings. The standard InChI is InChI=1S/C17H15N3O2S2/c21-15(20-17(22)18-10-13-5-3-9-23-13)11-24-16-8-7-12-4-1-2-6-14(12)19-16/h1-9H,10-11H2,(H2,18,20,21,22). The molecular formula is C17H15N3O2S2. The summed E-state index contributed by atoms with van der Waals surface area (Å²) in [6, 6.07) is 15.0. The van der Waals surface area contributed by atoms with Crippen LogP contribution in [0.2, 0.25) is 0 Å². The van der Waals surface area contributed by atoms with Crippen LogP contribution in [0.1, 0.15) is 4.88 Å². The Balaban J connectivity index is 1.46. The Bertz CT molecular complexity index is 850. The van der Waals surface area contributed by atoms with Gasteiger partial charge in [0.25, 0.3) is 0 Å². The topological polar surface area (TPSA) is 71.1 Å². The van der Waals surface area contributed by atoms with E-state index in [4.69, 9.17) is 0 Å². The van der Waals surface area contributed by atoms with Crippen LogP contribution in [0.4, 0.5) is 4.79 Å². The number of urea groups is 1. The average Bonchev–Trinajstić information content (AvgIpc) is 3.11. The summed E-state index contributed by atoms with van der Waals surface area (Å²) in [5, 5.41) is 8.72. The normalized spacial score (nSPS) is 10.5. The summed E-state index contributed by atoms with van der Waals surface area (Å²) in [5.41, 5.74) is 0.886. The van der Waals surface area contributed by atoms with E-state index in [0.29, 0.717) is 6.54 Å². The first-order chi connectivity index (χ1) is 11.7. The molecule has 122 valence electrons. The highest BCUT2D eigenvalue weighted by Crippen LogP contribution is 2.19. The number of rotatable bonds is 5. The molecule has 24 heavy (non-hydrogen) atoms. The van der Waals surface area contributed by atoms with E-state index in [-0.39, 0.29) is 11.7 Å². The van der Waals surface area contributed by atoms with Gasteiger partial charge in [0.2, 0.25) is 5.91 Å². The minimum atomic E-state index is -0.486. The lowest BCUT2D eigenvalue weighted by Gasteiger charge is -2.06.